The van der Waals surface area contributed by atoms with E-state index in [0.717, 1.165) is 18.7 Å². The van der Waals surface area contributed by atoms with Crippen molar-refractivity contribution < 1.29 is 13.2 Å². The zero-order chi connectivity index (χ0) is 20.1. The van der Waals surface area contributed by atoms with Crippen LogP contribution >= 0.6 is 0 Å². The number of para-hydroxylation sites is 1. The van der Waals surface area contributed by atoms with Crippen molar-refractivity contribution in [1.29, 1.82) is 0 Å². The summed E-state index contributed by atoms with van der Waals surface area (Å²) in [4.78, 5) is 4.73. The van der Waals surface area contributed by atoms with Gasteiger partial charge in [0.1, 0.15) is 5.75 Å². The fourth-order valence-electron chi connectivity index (χ4n) is 2.35. The standard InChI is InChI=1S/C20H28N4O3S/c1-2-21-20(22-14-9-17-27-18-10-5-3-6-11-18)23-15-16-24-28(25,26)19-12-7-4-8-13-19/h3-8,10-13,24H,2,9,14-17H2,1H3,(H2,21,22,23). The van der Waals surface area contributed by atoms with E-state index in [-0.39, 0.29) is 11.4 Å². The van der Waals surface area contributed by atoms with Gasteiger partial charge in [-0.15, -0.1) is 0 Å². The largest absolute Gasteiger partial charge is 0.494 e. The van der Waals surface area contributed by atoms with Crippen molar-refractivity contribution in [2.24, 2.45) is 4.99 Å². The molecule has 7 nitrogen and oxygen atoms in total. The van der Waals surface area contributed by atoms with Crippen molar-refractivity contribution in [3.63, 3.8) is 0 Å². The molecular formula is C20H28N4O3S. The van der Waals surface area contributed by atoms with Gasteiger partial charge in [0, 0.05) is 32.6 Å². The number of nitrogens with zero attached hydrogens (tertiary/aromatic N) is 1. The van der Waals surface area contributed by atoms with Crippen molar-refractivity contribution in [3.05, 3.63) is 60.7 Å². The van der Waals surface area contributed by atoms with E-state index < -0.39 is 10.0 Å². The minimum Gasteiger partial charge on any atom is -0.494 e. The van der Waals surface area contributed by atoms with E-state index in [9.17, 15) is 8.42 Å². The van der Waals surface area contributed by atoms with Crippen molar-refractivity contribution in [1.82, 2.24) is 15.4 Å². The van der Waals surface area contributed by atoms with Gasteiger partial charge < -0.3 is 15.4 Å². The summed E-state index contributed by atoms with van der Waals surface area (Å²) in [7, 11) is -3.49. The maximum absolute atomic E-state index is 12.2. The number of benzene rings is 2. The summed E-state index contributed by atoms with van der Waals surface area (Å²) in [6.45, 7) is 4.59. The highest BCUT2D eigenvalue weighted by Crippen LogP contribution is 2.08. The van der Waals surface area contributed by atoms with E-state index >= 15 is 0 Å². The molecule has 0 amide bonds. The number of guanidine groups is 1. The van der Waals surface area contributed by atoms with Gasteiger partial charge >= 0.3 is 0 Å². The Labute approximate surface area is 167 Å². The van der Waals surface area contributed by atoms with Gasteiger partial charge in [-0.2, -0.15) is 0 Å². The fourth-order valence-corrected chi connectivity index (χ4v) is 3.41. The molecule has 0 aliphatic carbocycles. The molecule has 0 radical (unpaired) electrons. The molecule has 0 aliphatic rings. The first kappa shape index (κ1) is 21.7. The third-order valence-corrected chi connectivity index (χ3v) is 5.17. The Morgan fingerprint density at radius 3 is 2.32 bits per heavy atom. The number of hydrogen-bond donors (Lipinski definition) is 3. The lowest BCUT2D eigenvalue weighted by Crippen LogP contribution is -2.41. The lowest BCUT2D eigenvalue weighted by atomic mass is 10.3. The van der Waals surface area contributed by atoms with Gasteiger partial charge in [0.15, 0.2) is 5.96 Å². The third kappa shape index (κ3) is 7.98. The molecule has 0 aliphatic heterocycles. The fraction of sp³-hybridized carbons (Fsp3) is 0.350. The Morgan fingerprint density at radius 2 is 1.64 bits per heavy atom. The number of hydrogen-bond acceptors (Lipinski definition) is 4. The molecule has 0 unspecified atom stereocenters. The van der Waals surface area contributed by atoms with Gasteiger partial charge in [-0.25, -0.2) is 13.1 Å². The molecule has 0 saturated heterocycles. The molecule has 2 rings (SSSR count). The summed E-state index contributed by atoms with van der Waals surface area (Å²) in [6.07, 6.45) is 0.784. The molecule has 0 saturated carbocycles. The van der Waals surface area contributed by atoms with Crippen LogP contribution in [0.5, 0.6) is 5.75 Å². The van der Waals surface area contributed by atoms with Crippen LogP contribution < -0.4 is 20.1 Å². The number of aliphatic imine (C=N–C) groups is 1. The molecular weight excluding hydrogens is 376 g/mol. The van der Waals surface area contributed by atoms with Crippen LogP contribution in [-0.4, -0.2) is 47.2 Å². The zero-order valence-corrected chi connectivity index (χ0v) is 16.9. The topological polar surface area (TPSA) is 91.8 Å². The molecule has 0 heterocycles. The van der Waals surface area contributed by atoms with Crippen molar-refractivity contribution >= 4 is 16.0 Å². The molecule has 0 aromatic heterocycles. The lowest BCUT2D eigenvalue weighted by molar-refractivity contribution is 0.313. The van der Waals surface area contributed by atoms with E-state index in [2.05, 4.69) is 20.3 Å². The van der Waals surface area contributed by atoms with Crippen molar-refractivity contribution in [2.75, 3.05) is 32.8 Å². The summed E-state index contributed by atoms with van der Waals surface area (Å²) in [5.41, 5.74) is 0. The van der Waals surface area contributed by atoms with Crippen LogP contribution in [0, 0.1) is 0 Å². The maximum Gasteiger partial charge on any atom is 0.240 e. The quantitative estimate of drug-likeness (QED) is 0.303. The second-order valence-electron chi connectivity index (χ2n) is 5.91. The normalized spacial score (nSPS) is 11.8. The van der Waals surface area contributed by atoms with Gasteiger partial charge in [0.05, 0.1) is 11.5 Å². The monoisotopic (exact) mass is 404 g/mol. The van der Waals surface area contributed by atoms with Gasteiger partial charge in [-0.05, 0) is 31.2 Å². The van der Waals surface area contributed by atoms with Gasteiger partial charge in [0.25, 0.3) is 0 Å². The van der Waals surface area contributed by atoms with E-state index in [0.29, 0.717) is 25.7 Å². The van der Waals surface area contributed by atoms with Crippen LogP contribution in [0.3, 0.4) is 0 Å². The first-order valence-electron chi connectivity index (χ1n) is 9.36. The van der Waals surface area contributed by atoms with E-state index in [4.69, 9.17) is 4.74 Å². The number of sulfonamides is 1. The van der Waals surface area contributed by atoms with Crippen LogP contribution in [-0.2, 0) is 10.0 Å². The minimum absolute atomic E-state index is 0.258. The number of rotatable bonds is 11. The van der Waals surface area contributed by atoms with Gasteiger partial charge in [0.2, 0.25) is 10.0 Å². The highest BCUT2D eigenvalue weighted by atomic mass is 32.2. The van der Waals surface area contributed by atoms with E-state index in [1.807, 2.05) is 37.3 Å². The Kier molecular flexibility index (Phi) is 9.30. The maximum atomic E-state index is 12.2. The molecule has 0 bridgehead atoms. The molecule has 28 heavy (non-hydrogen) atoms. The highest BCUT2D eigenvalue weighted by Gasteiger charge is 2.11. The van der Waals surface area contributed by atoms with E-state index in [1.54, 1.807) is 30.3 Å². The van der Waals surface area contributed by atoms with E-state index in [1.165, 1.54) is 0 Å². The van der Waals surface area contributed by atoms with Crippen molar-refractivity contribution in [2.45, 2.75) is 18.2 Å². The average Bonchev–Trinajstić information content (AvgIpc) is 2.72. The van der Waals surface area contributed by atoms with Crippen LogP contribution in [0.4, 0.5) is 0 Å². The molecule has 3 N–H and O–H groups in total. The summed E-state index contributed by atoms with van der Waals surface area (Å²) in [6, 6.07) is 18.0. The predicted octanol–water partition coefficient (Wildman–Crippen LogP) is 1.99. The molecule has 0 atom stereocenters. The number of nitrogens with one attached hydrogen (secondary N) is 3. The Morgan fingerprint density at radius 1 is 0.964 bits per heavy atom. The minimum atomic E-state index is -3.49. The summed E-state index contributed by atoms with van der Waals surface area (Å²) >= 11 is 0. The molecule has 0 spiro atoms. The average molecular weight is 405 g/mol. The molecule has 152 valence electrons. The van der Waals surface area contributed by atoms with Crippen LogP contribution in [0.15, 0.2) is 70.6 Å². The Bertz CT molecular complexity index is 812. The smallest absolute Gasteiger partial charge is 0.240 e. The zero-order valence-electron chi connectivity index (χ0n) is 16.1. The second-order valence-corrected chi connectivity index (χ2v) is 7.68. The predicted molar refractivity (Wildman–Crippen MR) is 112 cm³/mol. The highest BCUT2D eigenvalue weighted by molar-refractivity contribution is 7.89. The molecule has 2 aromatic rings. The SMILES string of the molecule is CCNC(=NCCCOc1ccccc1)NCCNS(=O)(=O)c1ccccc1. The Hall–Kier alpha value is -2.58. The molecule has 8 heteroatoms. The summed E-state index contributed by atoms with van der Waals surface area (Å²) < 4.78 is 32.5. The molecule has 2 aromatic carbocycles. The summed E-state index contributed by atoms with van der Waals surface area (Å²) in [5, 5.41) is 6.27. The van der Waals surface area contributed by atoms with Crippen LogP contribution in [0.25, 0.3) is 0 Å². The Balaban J connectivity index is 1.69. The van der Waals surface area contributed by atoms with Crippen LogP contribution in [0.1, 0.15) is 13.3 Å². The van der Waals surface area contributed by atoms with Gasteiger partial charge in [-0.1, -0.05) is 36.4 Å². The third-order valence-electron chi connectivity index (χ3n) is 3.69. The summed E-state index contributed by atoms with van der Waals surface area (Å²) in [5.74, 6) is 1.50. The molecule has 0 fully saturated rings. The first-order valence-corrected chi connectivity index (χ1v) is 10.8. The van der Waals surface area contributed by atoms with Crippen LogP contribution in [0.2, 0.25) is 0 Å². The number of ether oxygens (including phenoxy) is 1. The second kappa shape index (κ2) is 12.0. The van der Waals surface area contributed by atoms with Gasteiger partial charge in [-0.3, -0.25) is 4.99 Å². The lowest BCUT2D eigenvalue weighted by Gasteiger charge is -2.12. The first-order chi connectivity index (χ1) is 13.6. The van der Waals surface area contributed by atoms with Crippen molar-refractivity contribution in [3.8, 4) is 5.75 Å².